The molecular weight excluding hydrogens is 807 g/mol. The van der Waals surface area contributed by atoms with Gasteiger partial charge in [0.15, 0.2) is 17.7 Å². The van der Waals surface area contributed by atoms with Gasteiger partial charge in [-0.25, -0.2) is 28.6 Å². The minimum absolute atomic E-state index is 0.0363. The average Bonchev–Trinajstić information content (AvgIpc) is 3.65. The van der Waals surface area contributed by atoms with Crippen LogP contribution in [-0.2, 0) is 50.7 Å². The van der Waals surface area contributed by atoms with Crippen molar-refractivity contribution in [1.82, 2.24) is 30.2 Å². The fraction of sp³-hybridized carbons (Fsp3) is 0.692. The number of amides is 2. The van der Waals surface area contributed by atoms with Gasteiger partial charge < -0.3 is 50.9 Å². The number of Topliss-reactive ketones (excluding diaryl/α,β-unsaturated/α-hetero) is 1. The lowest BCUT2D eigenvalue weighted by Crippen LogP contribution is -2.46. The molecule has 2 aromatic rings. The number of thiol groups is 1. The predicted molar refractivity (Wildman–Crippen MR) is 189 cm³/mol. The van der Waals surface area contributed by atoms with E-state index in [4.69, 9.17) is 19.5 Å². The maximum atomic E-state index is 12.6. The highest BCUT2D eigenvalue weighted by Crippen LogP contribution is 2.61. The number of rotatable bonds is 20. The van der Waals surface area contributed by atoms with Crippen LogP contribution in [0.4, 0.5) is 5.82 Å². The number of nitrogen functional groups attached to an aromatic ring is 1. The van der Waals surface area contributed by atoms with Gasteiger partial charge in [-0.2, -0.15) is 16.9 Å². The lowest BCUT2D eigenvalue weighted by Gasteiger charge is -2.30. The molecule has 308 valence electrons. The number of phosphoric acid groups is 3. The molecule has 0 aromatic carbocycles. The molecule has 2 unspecified atom stereocenters. The summed E-state index contributed by atoms with van der Waals surface area (Å²) in [5.41, 5.74) is 4.30. The van der Waals surface area contributed by atoms with Gasteiger partial charge in [0.2, 0.25) is 11.8 Å². The van der Waals surface area contributed by atoms with Gasteiger partial charge in [0.1, 0.15) is 42.0 Å². The first-order valence-corrected chi connectivity index (χ1v) is 21.1. The number of hydrogen-bond acceptors (Lipinski definition) is 18. The molecule has 0 bridgehead atoms. The molecule has 1 aliphatic heterocycles. The molecule has 1 fully saturated rings. The van der Waals surface area contributed by atoms with Gasteiger partial charge in [0.25, 0.3) is 0 Å². The zero-order valence-electron chi connectivity index (χ0n) is 29.5. The van der Waals surface area contributed by atoms with Crippen molar-refractivity contribution in [3.8, 4) is 0 Å². The fourth-order valence-corrected chi connectivity index (χ4v) is 7.33. The molecule has 7 atom stereocenters. The Labute approximate surface area is 314 Å². The van der Waals surface area contributed by atoms with E-state index in [1.165, 1.54) is 13.8 Å². The third-order valence-electron chi connectivity index (χ3n) is 7.30. The lowest BCUT2D eigenvalue weighted by atomic mass is 9.87. The van der Waals surface area contributed by atoms with Crippen LogP contribution in [0.3, 0.4) is 0 Å². The van der Waals surface area contributed by atoms with Crippen LogP contribution in [-0.4, -0.2) is 123 Å². The van der Waals surface area contributed by atoms with Crippen LogP contribution < -0.4 is 16.4 Å². The largest absolute Gasteiger partial charge is 0.481 e. The zero-order valence-corrected chi connectivity index (χ0v) is 33.1. The van der Waals surface area contributed by atoms with Crippen LogP contribution in [0.2, 0.25) is 0 Å². The number of phosphoric ester groups is 3. The smallest absolute Gasteiger partial charge is 0.386 e. The van der Waals surface area contributed by atoms with Crippen molar-refractivity contribution in [2.75, 3.05) is 37.8 Å². The van der Waals surface area contributed by atoms with E-state index >= 15 is 0 Å². The number of carbonyl (C=O) groups is 3. The van der Waals surface area contributed by atoms with E-state index in [0.29, 0.717) is 30.9 Å². The van der Waals surface area contributed by atoms with Gasteiger partial charge in [-0.05, 0) is 0 Å². The number of aliphatic hydroxyl groups excluding tert-OH is 2. The maximum absolute atomic E-state index is 12.6. The summed E-state index contributed by atoms with van der Waals surface area (Å²) in [6.07, 6.45) is -5.36. The van der Waals surface area contributed by atoms with Crippen molar-refractivity contribution in [3.05, 3.63) is 12.7 Å². The second-order valence-corrected chi connectivity index (χ2v) is 16.7. The monoisotopic (exact) mass is 853 g/mol. The Kier molecular flexibility index (Phi) is 18.2. The predicted octanol–water partition coefficient (Wildman–Crippen LogP) is -0.290. The van der Waals surface area contributed by atoms with Crippen molar-refractivity contribution in [1.29, 1.82) is 0 Å². The van der Waals surface area contributed by atoms with Crippen LogP contribution in [0.15, 0.2) is 12.7 Å². The minimum Gasteiger partial charge on any atom is -0.386 e. The fourth-order valence-electron chi connectivity index (χ4n) is 4.39. The Morgan fingerprint density at radius 2 is 1.67 bits per heavy atom. The minimum atomic E-state index is -5.54. The van der Waals surface area contributed by atoms with Crippen LogP contribution in [0.1, 0.15) is 53.2 Å². The summed E-state index contributed by atoms with van der Waals surface area (Å²) in [6, 6.07) is 0. The Hall–Kier alpha value is -2.44. The molecule has 1 aliphatic rings. The Morgan fingerprint density at radius 1 is 1.04 bits per heavy atom. The molecule has 0 spiro atoms. The number of imidazole rings is 1. The van der Waals surface area contributed by atoms with Crippen molar-refractivity contribution >= 4 is 70.7 Å². The molecule has 0 aliphatic carbocycles. The molecule has 2 aromatic heterocycles. The summed E-state index contributed by atoms with van der Waals surface area (Å²) in [6.45, 7) is 4.48. The number of nitrogens with zero attached hydrogens (tertiary/aromatic N) is 4. The highest BCUT2D eigenvalue weighted by atomic mass is 32.1. The van der Waals surface area contributed by atoms with Gasteiger partial charge >= 0.3 is 23.5 Å². The molecule has 0 saturated carbocycles. The second kappa shape index (κ2) is 20.6. The number of aromatic nitrogens is 4. The molecule has 3 heterocycles. The molecule has 10 N–H and O–H groups in total. The molecule has 3 rings (SSSR count). The average molecular weight is 854 g/mol. The van der Waals surface area contributed by atoms with Gasteiger partial charge in [-0.3, -0.25) is 32.5 Å². The van der Waals surface area contributed by atoms with E-state index < -0.39 is 78.6 Å². The summed E-state index contributed by atoms with van der Waals surface area (Å²) in [7, 11) is -16.3. The number of nitrogens with one attached hydrogen (secondary N) is 2. The number of carbonyl (C=O) groups excluding carboxylic acids is 3. The van der Waals surface area contributed by atoms with Crippen molar-refractivity contribution in [2.45, 2.75) is 77.6 Å². The highest BCUT2D eigenvalue weighted by Gasteiger charge is 2.50. The number of hydrogen-bond donors (Lipinski definition) is 10. The first-order chi connectivity index (χ1) is 25.0. The summed E-state index contributed by atoms with van der Waals surface area (Å²) >= 11 is 3.95. The Balaban J connectivity index is 0.00000155. The molecule has 28 heteroatoms. The number of ether oxygens (including phenoxy) is 1. The van der Waals surface area contributed by atoms with Crippen LogP contribution >= 0.6 is 36.1 Å². The Morgan fingerprint density at radius 3 is 2.24 bits per heavy atom. The summed E-state index contributed by atoms with van der Waals surface area (Å²) in [5.74, 6) is -0.601. The molecule has 24 nitrogen and oxygen atoms in total. The van der Waals surface area contributed by atoms with E-state index in [9.17, 15) is 57.9 Å². The number of anilines is 1. The van der Waals surface area contributed by atoms with E-state index in [2.05, 4.69) is 47.0 Å². The topological polar surface area (TPSA) is 364 Å². The normalized spacial score (nSPS) is 21.7. The number of aliphatic hydroxyl groups is 2. The van der Waals surface area contributed by atoms with Crippen LogP contribution in [0, 0.1) is 5.41 Å². The maximum Gasteiger partial charge on any atom is 0.481 e. The van der Waals surface area contributed by atoms with Gasteiger partial charge in [-0.1, -0.05) is 27.7 Å². The van der Waals surface area contributed by atoms with Crippen molar-refractivity contribution in [3.63, 3.8) is 0 Å². The second-order valence-electron chi connectivity index (χ2n) is 12.0. The third-order valence-corrected chi connectivity index (χ3v) is 10.6. The van der Waals surface area contributed by atoms with Crippen molar-refractivity contribution in [2.24, 2.45) is 5.41 Å². The Bertz CT molecular complexity index is 1720. The molecule has 54 heavy (non-hydrogen) atoms. The van der Waals surface area contributed by atoms with Gasteiger partial charge in [0.05, 0.1) is 19.5 Å². The third kappa shape index (κ3) is 14.9. The number of fused-ring (bicyclic) bond motifs is 1. The number of ketones is 1. The lowest BCUT2D eigenvalue weighted by molar-refractivity contribution is -0.137. The van der Waals surface area contributed by atoms with Gasteiger partial charge in [0, 0.05) is 43.5 Å². The van der Waals surface area contributed by atoms with Crippen LogP contribution in [0.5, 0.6) is 0 Å². The first kappa shape index (κ1) is 47.7. The number of nitrogens with two attached hydrogens (primary N) is 1. The van der Waals surface area contributed by atoms with E-state index in [0.717, 1.165) is 17.2 Å². The highest BCUT2D eigenvalue weighted by molar-refractivity contribution is 7.80. The van der Waals surface area contributed by atoms with Crippen LogP contribution in [0.25, 0.3) is 11.2 Å². The standard InChI is InChI=1S/C21H36N7O16P3S.C5H10O/c1-21(2,16(31)19(32)24-4-3-12(29)23-5-6-48)8-41-47(38,39)44-46(36,37)40-7-11-15(43-45(33,34)35)14(30)20(42-11)28-10-27-13-17(22)25-9-26-18(13)28;1-3-5(6)4-2/h9-11,14-16,20,30-31,48H,3-8H2,1-2H3,(H,23,29)(H,24,32)(H,36,37)(H,38,39)(H2,22,25,26)(H2,33,34,35);3-4H2,1-2H3/t11-,14-,15-,16+,20-;/m1./s1. The quantitative estimate of drug-likeness (QED) is 0.0604. The summed E-state index contributed by atoms with van der Waals surface area (Å²) < 4.78 is 61.7. The first-order valence-electron chi connectivity index (χ1n) is 16.0. The molecular formula is C26H46N7O17P3S. The molecule has 1 saturated heterocycles. The van der Waals surface area contributed by atoms with Gasteiger partial charge in [-0.15, -0.1) is 0 Å². The SMILES string of the molecule is CC(C)(COP(=O)(O)OP(=O)(O)OC[C@H]1O[C@@H](n2cnc3c(N)ncnc32)[C@H](O)[C@@H]1OP(=O)(O)O)[C@@H](O)C(=O)NCCC(=O)NCCS.CCC(=O)CC. The van der Waals surface area contributed by atoms with E-state index in [1.54, 1.807) is 0 Å². The zero-order chi connectivity index (χ0) is 41.1. The van der Waals surface area contributed by atoms with E-state index in [-0.39, 0.29) is 35.9 Å². The summed E-state index contributed by atoms with van der Waals surface area (Å²) in [5, 5.41) is 26.1. The van der Waals surface area contributed by atoms with E-state index in [1.807, 2.05) is 13.8 Å². The molecule has 0 radical (unpaired) electrons. The molecule has 2 amide bonds. The van der Waals surface area contributed by atoms with Crippen molar-refractivity contribution < 1.29 is 80.5 Å². The summed E-state index contributed by atoms with van der Waals surface area (Å²) in [4.78, 5) is 84.8.